The molecule has 1 aliphatic heterocycles. The Morgan fingerprint density at radius 1 is 1.18 bits per heavy atom. The van der Waals surface area contributed by atoms with Crippen molar-refractivity contribution in [2.45, 2.75) is 19.9 Å². The molecule has 0 aromatic heterocycles. The summed E-state index contributed by atoms with van der Waals surface area (Å²) in [6.45, 7) is 8.02. The molecule has 1 N–H and O–H groups in total. The maximum Gasteiger partial charge on any atom is 0.123 e. The zero-order chi connectivity index (χ0) is 12.3. The number of nitriles is 1. The minimum absolute atomic E-state index is 0.101. The lowest BCUT2D eigenvalue weighted by molar-refractivity contribution is 0.207. The van der Waals surface area contributed by atoms with Crippen LogP contribution in [0.3, 0.4) is 0 Å². The highest BCUT2D eigenvalue weighted by Gasteiger charge is 2.21. The Balaban J connectivity index is 2.25. The lowest BCUT2D eigenvalue weighted by atomic mass is 10.0. The Bertz CT molecular complexity index is 407. The van der Waals surface area contributed by atoms with Crippen molar-refractivity contribution >= 4 is 0 Å². The van der Waals surface area contributed by atoms with Crippen molar-refractivity contribution in [3.8, 4) is 6.07 Å². The third kappa shape index (κ3) is 2.85. The van der Waals surface area contributed by atoms with E-state index in [9.17, 15) is 5.26 Å². The molecule has 1 aromatic carbocycles. The Hall–Kier alpha value is -1.37. The van der Waals surface area contributed by atoms with Gasteiger partial charge >= 0.3 is 0 Å². The average Bonchev–Trinajstić information content (AvgIpc) is 2.30. The van der Waals surface area contributed by atoms with Gasteiger partial charge < -0.3 is 5.32 Å². The van der Waals surface area contributed by atoms with E-state index in [0.29, 0.717) is 0 Å². The Morgan fingerprint density at radius 2 is 1.76 bits per heavy atom. The van der Waals surface area contributed by atoms with Crippen LogP contribution in [-0.2, 0) is 0 Å². The molecule has 1 aromatic rings. The number of nitrogens with one attached hydrogen (secondary N) is 1. The van der Waals surface area contributed by atoms with Gasteiger partial charge in [-0.05, 0) is 19.4 Å². The van der Waals surface area contributed by atoms with Crippen molar-refractivity contribution in [3.05, 3.63) is 34.9 Å². The predicted octanol–water partition coefficient (Wildman–Crippen LogP) is 1.77. The largest absolute Gasteiger partial charge is 0.314 e. The number of hydrogen-bond acceptors (Lipinski definition) is 3. The molecule has 3 nitrogen and oxygen atoms in total. The Morgan fingerprint density at radius 3 is 2.29 bits per heavy atom. The number of benzene rings is 1. The normalized spacial score (nSPS) is 18.6. The first kappa shape index (κ1) is 12.1. The van der Waals surface area contributed by atoms with Crippen molar-refractivity contribution in [2.24, 2.45) is 0 Å². The predicted molar refractivity (Wildman–Crippen MR) is 68.7 cm³/mol. The molecule has 0 spiro atoms. The standard InChI is InChI=1S/C14H19N3/c1-11-7-12(2)9-13(8-11)14(10-15)17-5-3-16-4-6-17/h7-9,14,16H,3-6H2,1-2H3. The van der Waals surface area contributed by atoms with Crippen LogP contribution >= 0.6 is 0 Å². The van der Waals surface area contributed by atoms with Gasteiger partial charge in [-0.2, -0.15) is 5.26 Å². The van der Waals surface area contributed by atoms with E-state index in [2.05, 4.69) is 48.3 Å². The van der Waals surface area contributed by atoms with E-state index in [1.165, 1.54) is 11.1 Å². The number of hydrogen-bond donors (Lipinski definition) is 1. The van der Waals surface area contributed by atoms with Gasteiger partial charge in [-0.1, -0.05) is 29.3 Å². The number of aryl methyl sites for hydroxylation is 2. The fraction of sp³-hybridized carbons (Fsp3) is 0.500. The third-order valence-corrected chi connectivity index (χ3v) is 3.20. The van der Waals surface area contributed by atoms with Gasteiger partial charge in [0, 0.05) is 26.2 Å². The highest BCUT2D eigenvalue weighted by Crippen LogP contribution is 2.22. The molecule has 0 saturated carbocycles. The molecule has 1 unspecified atom stereocenters. The Labute approximate surface area is 103 Å². The third-order valence-electron chi connectivity index (χ3n) is 3.20. The van der Waals surface area contributed by atoms with Gasteiger partial charge in [-0.25, -0.2) is 0 Å². The topological polar surface area (TPSA) is 39.1 Å². The monoisotopic (exact) mass is 229 g/mol. The van der Waals surface area contributed by atoms with E-state index in [1.807, 2.05) is 0 Å². The number of piperazine rings is 1. The lowest BCUT2D eigenvalue weighted by Crippen LogP contribution is -2.44. The summed E-state index contributed by atoms with van der Waals surface area (Å²) in [5, 5.41) is 12.7. The summed E-state index contributed by atoms with van der Waals surface area (Å²) in [4.78, 5) is 2.25. The van der Waals surface area contributed by atoms with E-state index in [4.69, 9.17) is 0 Å². The van der Waals surface area contributed by atoms with E-state index in [0.717, 1.165) is 31.7 Å². The smallest absolute Gasteiger partial charge is 0.123 e. The summed E-state index contributed by atoms with van der Waals surface area (Å²) < 4.78 is 0. The average molecular weight is 229 g/mol. The quantitative estimate of drug-likeness (QED) is 0.840. The number of nitrogens with zero attached hydrogens (tertiary/aromatic N) is 2. The summed E-state index contributed by atoms with van der Waals surface area (Å²) in [7, 11) is 0. The molecule has 2 rings (SSSR count). The summed E-state index contributed by atoms with van der Waals surface area (Å²) in [5.74, 6) is 0. The molecule has 90 valence electrons. The molecule has 17 heavy (non-hydrogen) atoms. The molecule has 1 heterocycles. The molecule has 0 radical (unpaired) electrons. The van der Waals surface area contributed by atoms with E-state index in [-0.39, 0.29) is 6.04 Å². The number of rotatable bonds is 2. The molecule has 0 amide bonds. The van der Waals surface area contributed by atoms with Gasteiger partial charge in [0.2, 0.25) is 0 Å². The minimum atomic E-state index is -0.101. The molecular formula is C14H19N3. The van der Waals surface area contributed by atoms with Crippen molar-refractivity contribution < 1.29 is 0 Å². The van der Waals surface area contributed by atoms with Gasteiger partial charge in [-0.15, -0.1) is 0 Å². The first-order valence-corrected chi connectivity index (χ1v) is 6.13. The molecule has 1 atom stereocenters. The fourth-order valence-electron chi connectivity index (χ4n) is 2.48. The molecule has 0 bridgehead atoms. The van der Waals surface area contributed by atoms with Gasteiger partial charge in [-0.3, -0.25) is 4.90 Å². The zero-order valence-corrected chi connectivity index (χ0v) is 10.5. The van der Waals surface area contributed by atoms with Gasteiger partial charge in [0.25, 0.3) is 0 Å². The van der Waals surface area contributed by atoms with Crippen LogP contribution in [-0.4, -0.2) is 31.1 Å². The van der Waals surface area contributed by atoms with Gasteiger partial charge in [0.15, 0.2) is 0 Å². The lowest BCUT2D eigenvalue weighted by Gasteiger charge is -2.31. The molecule has 1 aliphatic rings. The molecule has 0 aliphatic carbocycles. The van der Waals surface area contributed by atoms with Crippen LogP contribution in [0.4, 0.5) is 0 Å². The first-order valence-electron chi connectivity index (χ1n) is 6.13. The van der Waals surface area contributed by atoms with Crippen molar-refractivity contribution in [1.29, 1.82) is 5.26 Å². The highest BCUT2D eigenvalue weighted by molar-refractivity contribution is 5.33. The maximum absolute atomic E-state index is 9.40. The van der Waals surface area contributed by atoms with Crippen LogP contribution in [0.1, 0.15) is 22.7 Å². The maximum atomic E-state index is 9.40. The highest BCUT2D eigenvalue weighted by atomic mass is 15.2. The van der Waals surface area contributed by atoms with Crippen LogP contribution in [0.5, 0.6) is 0 Å². The van der Waals surface area contributed by atoms with Crippen molar-refractivity contribution in [2.75, 3.05) is 26.2 Å². The SMILES string of the molecule is Cc1cc(C)cc(C(C#N)N2CCNCC2)c1. The fourth-order valence-corrected chi connectivity index (χ4v) is 2.48. The van der Waals surface area contributed by atoms with Crippen LogP contribution < -0.4 is 5.32 Å². The molecule has 3 heteroatoms. The van der Waals surface area contributed by atoms with E-state index >= 15 is 0 Å². The summed E-state index contributed by atoms with van der Waals surface area (Å²) in [5.41, 5.74) is 3.60. The van der Waals surface area contributed by atoms with E-state index in [1.54, 1.807) is 0 Å². The van der Waals surface area contributed by atoms with Crippen LogP contribution in [0.15, 0.2) is 18.2 Å². The second-order valence-corrected chi connectivity index (χ2v) is 4.74. The molecule has 1 saturated heterocycles. The van der Waals surface area contributed by atoms with Crippen molar-refractivity contribution in [3.63, 3.8) is 0 Å². The van der Waals surface area contributed by atoms with Crippen LogP contribution in [0.25, 0.3) is 0 Å². The van der Waals surface area contributed by atoms with Gasteiger partial charge in [0.05, 0.1) is 6.07 Å². The van der Waals surface area contributed by atoms with Gasteiger partial charge in [0.1, 0.15) is 6.04 Å². The Kier molecular flexibility index (Phi) is 3.78. The summed E-state index contributed by atoms with van der Waals surface area (Å²) in [6.07, 6.45) is 0. The second-order valence-electron chi connectivity index (χ2n) is 4.74. The first-order chi connectivity index (χ1) is 8.20. The second kappa shape index (κ2) is 5.31. The summed E-state index contributed by atoms with van der Waals surface area (Å²) >= 11 is 0. The molecular weight excluding hydrogens is 210 g/mol. The summed E-state index contributed by atoms with van der Waals surface area (Å²) in [6, 6.07) is 8.74. The molecule has 1 fully saturated rings. The van der Waals surface area contributed by atoms with Crippen LogP contribution in [0.2, 0.25) is 0 Å². The van der Waals surface area contributed by atoms with E-state index < -0.39 is 0 Å². The minimum Gasteiger partial charge on any atom is -0.314 e. The van der Waals surface area contributed by atoms with Crippen molar-refractivity contribution in [1.82, 2.24) is 10.2 Å². The van der Waals surface area contributed by atoms with Crippen LogP contribution in [0, 0.1) is 25.2 Å². The zero-order valence-electron chi connectivity index (χ0n) is 10.5.